The third-order valence-electron chi connectivity index (χ3n) is 2.48. The van der Waals surface area contributed by atoms with E-state index >= 15 is 0 Å². The molecule has 0 aliphatic carbocycles. The van der Waals surface area contributed by atoms with Crippen molar-refractivity contribution >= 4 is 18.4 Å². The van der Waals surface area contributed by atoms with E-state index in [0.717, 1.165) is 5.75 Å². The van der Waals surface area contributed by atoms with E-state index in [1.807, 2.05) is 30.3 Å². The third kappa shape index (κ3) is 3.98. The van der Waals surface area contributed by atoms with E-state index in [0.29, 0.717) is 11.3 Å². The van der Waals surface area contributed by atoms with Gasteiger partial charge in [0.25, 0.3) is 0 Å². The van der Waals surface area contributed by atoms with Crippen molar-refractivity contribution in [2.24, 2.45) is 5.73 Å². The van der Waals surface area contributed by atoms with E-state index in [-0.39, 0.29) is 12.4 Å². The van der Waals surface area contributed by atoms with Crippen molar-refractivity contribution in [1.29, 1.82) is 0 Å². The van der Waals surface area contributed by atoms with Crippen molar-refractivity contribution in [3.8, 4) is 11.5 Å². The topological polar surface area (TPSA) is 72.6 Å². The maximum atomic E-state index is 10.7. The van der Waals surface area contributed by atoms with Gasteiger partial charge in [0.15, 0.2) is 0 Å². The number of rotatable bonds is 4. The molecular weight excluding hydrogens is 266 g/mol. The summed E-state index contributed by atoms with van der Waals surface area (Å²) < 4.78 is 5.59. The predicted octanol–water partition coefficient (Wildman–Crippen LogP) is 2.99. The van der Waals surface area contributed by atoms with Crippen molar-refractivity contribution < 1.29 is 14.6 Å². The zero-order valence-corrected chi connectivity index (χ0v) is 10.8. The summed E-state index contributed by atoms with van der Waals surface area (Å²) in [6.07, 6.45) is 0. The average molecular weight is 280 g/mol. The third-order valence-corrected chi connectivity index (χ3v) is 2.48. The van der Waals surface area contributed by atoms with Gasteiger partial charge in [0.1, 0.15) is 17.5 Å². The number of hydrogen-bond donors (Lipinski definition) is 2. The molecule has 0 aliphatic rings. The van der Waals surface area contributed by atoms with Crippen LogP contribution < -0.4 is 10.5 Å². The van der Waals surface area contributed by atoms with Crippen molar-refractivity contribution in [2.75, 3.05) is 0 Å². The number of benzene rings is 2. The number of nitrogens with two attached hydrogens (primary N) is 1. The summed E-state index contributed by atoms with van der Waals surface area (Å²) in [5, 5.41) is 8.78. The van der Waals surface area contributed by atoms with Gasteiger partial charge in [0, 0.05) is 0 Å². The van der Waals surface area contributed by atoms with Crippen LogP contribution in [-0.2, 0) is 4.79 Å². The smallest absolute Gasteiger partial charge is 0.325 e. The van der Waals surface area contributed by atoms with Crippen LogP contribution in [0.5, 0.6) is 11.5 Å². The van der Waals surface area contributed by atoms with Gasteiger partial charge in [-0.05, 0) is 29.8 Å². The Hall–Kier alpha value is -2.04. The van der Waals surface area contributed by atoms with E-state index in [9.17, 15) is 4.79 Å². The number of halogens is 1. The predicted molar refractivity (Wildman–Crippen MR) is 74.8 cm³/mol. The van der Waals surface area contributed by atoms with Crippen molar-refractivity contribution in [3.05, 3.63) is 60.2 Å². The van der Waals surface area contributed by atoms with Gasteiger partial charge in [-0.3, -0.25) is 4.79 Å². The maximum Gasteiger partial charge on any atom is 0.325 e. The molecule has 0 fully saturated rings. The molecule has 0 heterocycles. The number of aliphatic carboxylic acids is 1. The quantitative estimate of drug-likeness (QED) is 0.902. The van der Waals surface area contributed by atoms with Crippen LogP contribution in [0.3, 0.4) is 0 Å². The summed E-state index contributed by atoms with van der Waals surface area (Å²) in [5.41, 5.74) is 6.04. The summed E-state index contributed by atoms with van der Waals surface area (Å²) >= 11 is 0. The molecule has 0 saturated carbocycles. The lowest BCUT2D eigenvalue weighted by Crippen LogP contribution is -2.20. The van der Waals surface area contributed by atoms with Crippen LogP contribution in [-0.4, -0.2) is 11.1 Å². The summed E-state index contributed by atoms with van der Waals surface area (Å²) in [7, 11) is 0. The first-order valence-corrected chi connectivity index (χ1v) is 5.48. The van der Waals surface area contributed by atoms with Crippen LogP contribution in [0, 0.1) is 0 Å². The first-order valence-electron chi connectivity index (χ1n) is 5.48. The molecule has 0 aliphatic heterocycles. The summed E-state index contributed by atoms with van der Waals surface area (Å²) in [4.78, 5) is 10.7. The molecule has 2 rings (SSSR count). The number of para-hydroxylation sites is 1. The average Bonchev–Trinajstić information content (AvgIpc) is 2.40. The van der Waals surface area contributed by atoms with Gasteiger partial charge in [-0.1, -0.05) is 30.3 Å². The summed E-state index contributed by atoms with van der Waals surface area (Å²) in [6, 6.07) is 15.0. The fourth-order valence-electron chi connectivity index (χ4n) is 1.51. The van der Waals surface area contributed by atoms with Crippen molar-refractivity contribution in [3.63, 3.8) is 0 Å². The Kier molecular flexibility index (Phi) is 5.36. The van der Waals surface area contributed by atoms with Gasteiger partial charge in [0.2, 0.25) is 0 Å². The largest absolute Gasteiger partial charge is 0.480 e. The molecular formula is C14H14ClNO3. The highest BCUT2D eigenvalue weighted by Gasteiger charge is 2.13. The van der Waals surface area contributed by atoms with Crippen LogP contribution in [0.1, 0.15) is 11.6 Å². The zero-order valence-electron chi connectivity index (χ0n) is 10.0. The molecule has 100 valence electrons. The molecule has 0 spiro atoms. The number of carbonyl (C=O) groups is 1. The highest BCUT2D eigenvalue weighted by Crippen LogP contribution is 2.22. The molecule has 0 saturated heterocycles. The van der Waals surface area contributed by atoms with E-state index in [1.165, 1.54) is 0 Å². The molecule has 5 heteroatoms. The van der Waals surface area contributed by atoms with Gasteiger partial charge >= 0.3 is 5.97 Å². The molecule has 1 atom stereocenters. The molecule has 19 heavy (non-hydrogen) atoms. The minimum atomic E-state index is -1.05. The van der Waals surface area contributed by atoms with Gasteiger partial charge in [0.05, 0.1) is 0 Å². The Morgan fingerprint density at radius 3 is 2.05 bits per heavy atom. The van der Waals surface area contributed by atoms with Crippen LogP contribution in [0.2, 0.25) is 0 Å². The van der Waals surface area contributed by atoms with Gasteiger partial charge in [-0.15, -0.1) is 12.4 Å². The Labute approximate surface area is 117 Å². The minimum absolute atomic E-state index is 0. The lowest BCUT2D eigenvalue weighted by Gasteiger charge is -2.09. The SMILES string of the molecule is Cl.NC(C(=O)O)c1ccc(Oc2ccccc2)cc1. The Morgan fingerprint density at radius 2 is 1.53 bits per heavy atom. The monoisotopic (exact) mass is 279 g/mol. The van der Waals surface area contributed by atoms with E-state index in [2.05, 4.69) is 0 Å². The van der Waals surface area contributed by atoms with E-state index in [4.69, 9.17) is 15.6 Å². The Balaban J connectivity index is 0.00000180. The first-order chi connectivity index (χ1) is 8.66. The molecule has 0 bridgehead atoms. The number of carboxylic acids is 1. The van der Waals surface area contributed by atoms with E-state index < -0.39 is 12.0 Å². The van der Waals surface area contributed by atoms with Crippen LogP contribution in [0.4, 0.5) is 0 Å². The summed E-state index contributed by atoms with van der Waals surface area (Å²) in [6.45, 7) is 0. The standard InChI is InChI=1S/C14H13NO3.ClH/c15-13(14(16)17)10-6-8-12(9-7-10)18-11-4-2-1-3-5-11;/h1-9,13H,15H2,(H,16,17);1H. The Bertz CT molecular complexity index is 528. The molecule has 2 aromatic carbocycles. The van der Waals surface area contributed by atoms with E-state index in [1.54, 1.807) is 24.3 Å². The molecule has 0 amide bonds. The van der Waals surface area contributed by atoms with Gasteiger partial charge in [-0.2, -0.15) is 0 Å². The molecule has 2 aromatic rings. The molecule has 0 radical (unpaired) electrons. The first kappa shape index (κ1) is 15.0. The zero-order chi connectivity index (χ0) is 13.0. The molecule has 0 aromatic heterocycles. The van der Waals surface area contributed by atoms with Crippen LogP contribution in [0.25, 0.3) is 0 Å². The Morgan fingerprint density at radius 1 is 1.00 bits per heavy atom. The highest BCUT2D eigenvalue weighted by molar-refractivity contribution is 5.85. The van der Waals surface area contributed by atoms with Crippen molar-refractivity contribution in [2.45, 2.75) is 6.04 Å². The van der Waals surface area contributed by atoms with Gasteiger partial charge in [-0.25, -0.2) is 0 Å². The lowest BCUT2D eigenvalue weighted by molar-refractivity contribution is -0.138. The minimum Gasteiger partial charge on any atom is -0.480 e. The van der Waals surface area contributed by atoms with Gasteiger partial charge < -0.3 is 15.6 Å². The second kappa shape index (κ2) is 6.78. The summed E-state index contributed by atoms with van der Waals surface area (Å²) in [5.74, 6) is 0.321. The van der Waals surface area contributed by atoms with Crippen molar-refractivity contribution in [1.82, 2.24) is 0 Å². The van der Waals surface area contributed by atoms with Crippen LogP contribution in [0.15, 0.2) is 54.6 Å². The number of hydrogen-bond acceptors (Lipinski definition) is 3. The number of ether oxygens (including phenoxy) is 1. The van der Waals surface area contributed by atoms with Crippen LogP contribution >= 0.6 is 12.4 Å². The second-order valence-electron chi connectivity index (χ2n) is 3.80. The fourth-order valence-corrected chi connectivity index (χ4v) is 1.51. The number of carboxylic acid groups (broad SMARTS) is 1. The molecule has 3 N–H and O–H groups in total. The second-order valence-corrected chi connectivity index (χ2v) is 3.80. The maximum absolute atomic E-state index is 10.7. The normalized spacial score (nSPS) is 11.2. The molecule has 1 unspecified atom stereocenters. The highest BCUT2D eigenvalue weighted by atomic mass is 35.5. The molecule has 4 nitrogen and oxygen atoms in total. The fraction of sp³-hybridized carbons (Fsp3) is 0.0714. The lowest BCUT2D eigenvalue weighted by atomic mass is 10.1.